The molecule has 2 heterocycles. The third kappa shape index (κ3) is 2.86. The van der Waals surface area contributed by atoms with Crippen molar-refractivity contribution < 1.29 is 4.79 Å². The van der Waals surface area contributed by atoms with E-state index in [-0.39, 0.29) is 18.5 Å². The second-order valence-electron chi connectivity index (χ2n) is 6.75. The number of aromatic nitrogens is 3. The first-order valence-corrected chi connectivity index (χ1v) is 9.07. The number of anilines is 1. The van der Waals surface area contributed by atoms with Gasteiger partial charge in [-0.2, -0.15) is 5.10 Å². The molecule has 1 atom stereocenters. The van der Waals surface area contributed by atoms with Gasteiger partial charge in [0, 0.05) is 17.3 Å². The summed E-state index contributed by atoms with van der Waals surface area (Å²) >= 11 is 5.37. The van der Waals surface area contributed by atoms with E-state index < -0.39 is 0 Å². The van der Waals surface area contributed by atoms with Gasteiger partial charge < -0.3 is 4.90 Å². The van der Waals surface area contributed by atoms with Gasteiger partial charge in [-0.25, -0.2) is 0 Å². The molecule has 1 N–H and O–H groups in total. The number of aryl methyl sites for hydroxylation is 1. The molecule has 0 fully saturated rings. The van der Waals surface area contributed by atoms with Crippen LogP contribution >= 0.6 is 12.2 Å². The van der Waals surface area contributed by atoms with Gasteiger partial charge in [-0.1, -0.05) is 48.0 Å². The normalized spacial score (nSPS) is 15.9. The van der Waals surface area contributed by atoms with Crippen molar-refractivity contribution in [2.24, 2.45) is 0 Å². The van der Waals surface area contributed by atoms with Gasteiger partial charge in [0.05, 0.1) is 0 Å². The van der Waals surface area contributed by atoms with E-state index in [1.54, 1.807) is 4.57 Å². The van der Waals surface area contributed by atoms with Crippen LogP contribution in [0.25, 0.3) is 11.4 Å². The Morgan fingerprint density at radius 3 is 2.73 bits per heavy atom. The second-order valence-corrected chi connectivity index (χ2v) is 7.14. The number of rotatable bonds is 3. The zero-order chi connectivity index (χ0) is 18.3. The number of amides is 1. The molecule has 1 aromatic heterocycles. The summed E-state index contributed by atoms with van der Waals surface area (Å²) in [6.07, 6.45) is 0.878. The molecule has 3 aromatic rings. The summed E-state index contributed by atoms with van der Waals surface area (Å²) < 4.78 is 2.23. The Hall–Kier alpha value is -2.73. The van der Waals surface area contributed by atoms with E-state index in [9.17, 15) is 4.79 Å². The number of nitrogens with one attached hydrogen (secondary N) is 1. The van der Waals surface area contributed by atoms with E-state index in [2.05, 4.69) is 23.2 Å². The van der Waals surface area contributed by atoms with E-state index in [0.717, 1.165) is 17.7 Å². The van der Waals surface area contributed by atoms with Gasteiger partial charge >= 0.3 is 0 Å². The first kappa shape index (κ1) is 16.7. The summed E-state index contributed by atoms with van der Waals surface area (Å²) in [6.45, 7) is 4.28. The maximum Gasteiger partial charge on any atom is 0.247 e. The molecule has 0 aliphatic carbocycles. The lowest BCUT2D eigenvalue weighted by Gasteiger charge is -2.23. The predicted molar refractivity (Wildman–Crippen MR) is 105 cm³/mol. The van der Waals surface area contributed by atoms with Crippen molar-refractivity contribution in [2.45, 2.75) is 32.9 Å². The fourth-order valence-electron chi connectivity index (χ4n) is 3.54. The highest BCUT2D eigenvalue weighted by molar-refractivity contribution is 7.71. The first-order valence-electron chi connectivity index (χ1n) is 8.67. The average molecular weight is 364 g/mol. The lowest BCUT2D eigenvalue weighted by Crippen LogP contribution is -2.38. The highest BCUT2D eigenvalue weighted by Gasteiger charge is 2.31. The van der Waals surface area contributed by atoms with Crippen LogP contribution in [0.5, 0.6) is 0 Å². The number of aromatic amines is 1. The minimum Gasteiger partial charge on any atom is -0.307 e. The highest BCUT2D eigenvalue weighted by Crippen LogP contribution is 2.32. The largest absolute Gasteiger partial charge is 0.307 e. The summed E-state index contributed by atoms with van der Waals surface area (Å²) in [4.78, 5) is 15.0. The Labute approximate surface area is 157 Å². The minimum absolute atomic E-state index is 0.0216. The van der Waals surface area contributed by atoms with Gasteiger partial charge in [0.25, 0.3) is 0 Å². The number of carbonyl (C=O) groups is 1. The Morgan fingerprint density at radius 1 is 1.23 bits per heavy atom. The van der Waals surface area contributed by atoms with Crippen LogP contribution in [0.15, 0.2) is 48.5 Å². The minimum atomic E-state index is 0.0216. The van der Waals surface area contributed by atoms with Crippen molar-refractivity contribution in [1.29, 1.82) is 0 Å². The number of para-hydroxylation sites is 1. The predicted octanol–water partition coefficient (Wildman–Crippen LogP) is 3.89. The highest BCUT2D eigenvalue weighted by atomic mass is 32.1. The van der Waals surface area contributed by atoms with Crippen molar-refractivity contribution in [3.63, 3.8) is 0 Å². The van der Waals surface area contributed by atoms with E-state index in [1.807, 2.05) is 54.3 Å². The molecule has 1 aliphatic rings. The van der Waals surface area contributed by atoms with Crippen LogP contribution in [0.2, 0.25) is 0 Å². The molecule has 5 nitrogen and oxygen atoms in total. The maximum atomic E-state index is 13.1. The van der Waals surface area contributed by atoms with E-state index >= 15 is 0 Å². The molecule has 26 heavy (non-hydrogen) atoms. The van der Waals surface area contributed by atoms with E-state index in [0.29, 0.717) is 10.6 Å². The number of fused-ring (bicyclic) bond motifs is 1. The van der Waals surface area contributed by atoms with Crippen molar-refractivity contribution in [2.75, 3.05) is 4.90 Å². The van der Waals surface area contributed by atoms with Gasteiger partial charge in [0.15, 0.2) is 10.6 Å². The van der Waals surface area contributed by atoms with Crippen molar-refractivity contribution in [3.8, 4) is 11.4 Å². The van der Waals surface area contributed by atoms with Gasteiger partial charge in [0.1, 0.15) is 6.54 Å². The van der Waals surface area contributed by atoms with Crippen molar-refractivity contribution in [3.05, 3.63) is 64.4 Å². The van der Waals surface area contributed by atoms with Crippen LogP contribution in [0.1, 0.15) is 18.1 Å². The molecule has 1 amide bonds. The number of hydrogen-bond donors (Lipinski definition) is 1. The summed E-state index contributed by atoms with van der Waals surface area (Å²) in [7, 11) is 0. The monoisotopic (exact) mass is 364 g/mol. The van der Waals surface area contributed by atoms with E-state index in [1.165, 1.54) is 11.1 Å². The van der Waals surface area contributed by atoms with Crippen LogP contribution in [-0.4, -0.2) is 26.7 Å². The Kier molecular flexibility index (Phi) is 4.20. The van der Waals surface area contributed by atoms with Crippen LogP contribution in [-0.2, 0) is 17.8 Å². The quantitative estimate of drug-likeness (QED) is 0.717. The molecule has 0 spiro atoms. The lowest BCUT2D eigenvalue weighted by molar-refractivity contribution is -0.119. The smallest absolute Gasteiger partial charge is 0.247 e. The molecule has 6 heteroatoms. The Morgan fingerprint density at radius 2 is 1.96 bits per heavy atom. The Balaban J connectivity index is 1.66. The van der Waals surface area contributed by atoms with E-state index in [4.69, 9.17) is 12.2 Å². The maximum absolute atomic E-state index is 13.1. The van der Waals surface area contributed by atoms with Crippen LogP contribution in [0.4, 0.5) is 5.69 Å². The summed E-state index contributed by atoms with van der Waals surface area (Å²) in [6, 6.07) is 16.3. The lowest BCUT2D eigenvalue weighted by atomic mass is 10.1. The zero-order valence-corrected chi connectivity index (χ0v) is 15.6. The number of carbonyl (C=O) groups excluding carboxylic acids is 1. The fourth-order valence-corrected chi connectivity index (χ4v) is 3.74. The van der Waals surface area contributed by atoms with Crippen molar-refractivity contribution in [1.82, 2.24) is 14.8 Å². The molecule has 0 bridgehead atoms. The molecule has 0 saturated heterocycles. The number of hydrogen-bond acceptors (Lipinski definition) is 3. The molecule has 0 saturated carbocycles. The van der Waals surface area contributed by atoms with Gasteiger partial charge in [-0.3, -0.25) is 14.5 Å². The Bertz CT molecular complexity index is 1020. The molecule has 132 valence electrons. The molecular formula is C20H20N4OS. The third-order valence-corrected chi connectivity index (χ3v) is 5.15. The fraction of sp³-hybridized carbons (Fsp3) is 0.250. The van der Waals surface area contributed by atoms with Crippen LogP contribution < -0.4 is 4.90 Å². The van der Waals surface area contributed by atoms with Gasteiger partial charge in [0.2, 0.25) is 5.91 Å². The third-order valence-electron chi connectivity index (χ3n) is 4.84. The summed E-state index contributed by atoms with van der Waals surface area (Å²) in [5.74, 6) is 0.705. The van der Waals surface area contributed by atoms with Crippen LogP contribution in [0.3, 0.4) is 0 Å². The number of benzene rings is 2. The number of nitrogens with zero attached hydrogens (tertiary/aromatic N) is 3. The zero-order valence-electron chi connectivity index (χ0n) is 14.8. The summed E-state index contributed by atoms with van der Waals surface area (Å²) in [5.41, 5.74) is 4.32. The first-order chi connectivity index (χ1) is 12.5. The number of H-pyrrole nitrogens is 1. The molecular weight excluding hydrogens is 344 g/mol. The molecule has 0 radical (unpaired) electrons. The molecule has 1 aliphatic heterocycles. The molecule has 4 rings (SSSR count). The second kappa shape index (κ2) is 6.53. The average Bonchev–Trinajstić information content (AvgIpc) is 3.15. The molecule has 0 unspecified atom stereocenters. The standard InChI is InChI=1S/C20H20N4OS/c1-13-7-9-15(10-8-13)19-21-22-20(26)23(19)12-18(25)24-14(2)11-16-5-3-4-6-17(16)24/h3-10,14H,11-12H2,1-2H3,(H,22,26)/t14-/m1/s1. The summed E-state index contributed by atoms with van der Waals surface area (Å²) in [5, 5.41) is 7.16. The SMILES string of the molecule is Cc1ccc(-c2n[nH]c(=S)n2CC(=O)N2c3ccccc3C[C@H]2C)cc1. The van der Waals surface area contributed by atoms with Gasteiger partial charge in [-0.05, 0) is 44.1 Å². The van der Waals surface area contributed by atoms with Crippen LogP contribution in [0, 0.1) is 11.7 Å². The molecule has 2 aromatic carbocycles. The van der Waals surface area contributed by atoms with Crippen molar-refractivity contribution >= 4 is 23.8 Å². The van der Waals surface area contributed by atoms with Gasteiger partial charge in [-0.15, -0.1) is 0 Å². The topological polar surface area (TPSA) is 53.9 Å².